The van der Waals surface area contributed by atoms with Gasteiger partial charge >= 0.3 is 6.18 Å². The van der Waals surface area contributed by atoms with Crippen LogP contribution in [0.4, 0.5) is 22.0 Å². The monoisotopic (exact) mass is 525 g/mol. The van der Waals surface area contributed by atoms with E-state index in [1.807, 2.05) is 6.92 Å². The van der Waals surface area contributed by atoms with Crippen molar-refractivity contribution < 1.29 is 22.0 Å². The Balaban J connectivity index is 1.30. The van der Waals surface area contributed by atoms with Gasteiger partial charge in [-0.2, -0.15) is 18.3 Å². The fraction of sp³-hybridized carbons (Fsp3) is 0.250. The van der Waals surface area contributed by atoms with Gasteiger partial charge in [0.15, 0.2) is 11.6 Å². The highest BCUT2D eigenvalue weighted by Crippen LogP contribution is 2.35. The van der Waals surface area contributed by atoms with Gasteiger partial charge in [-0.05, 0) is 48.2 Å². The Hall–Kier alpha value is -4.08. The summed E-state index contributed by atoms with van der Waals surface area (Å²) in [4.78, 5) is 11.8. The van der Waals surface area contributed by atoms with Crippen molar-refractivity contribution in [3.05, 3.63) is 94.4 Å². The largest absolute Gasteiger partial charge is 0.416 e. The van der Waals surface area contributed by atoms with Crippen molar-refractivity contribution in [1.82, 2.24) is 20.0 Å². The van der Waals surface area contributed by atoms with Gasteiger partial charge in [0.05, 0.1) is 47.5 Å². The number of H-pyrrole nitrogens is 1. The zero-order chi connectivity index (χ0) is 26.9. The molecule has 196 valence electrons. The van der Waals surface area contributed by atoms with E-state index in [-0.39, 0.29) is 11.4 Å². The molecule has 1 aliphatic rings. The molecule has 2 aromatic heterocycles. The van der Waals surface area contributed by atoms with Crippen molar-refractivity contribution >= 4 is 6.21 Å². The number of imidazole rings is 1. The van der Waals surface area contributed by atoms with Crippen molar-refractivity contribution in [2.75, 3.05) is 0 Å². The van der Waals surface area contributed by atoms with Crippen molar-refractivity contribution in [3.8, 4) is 22.6 Å². The van der Waals surface area contributed by atoms with Crippen LogP contribution in [0.3, 0.4) is 0 Å². The van der Waals surface area contributed by atoms with Crippen LogP contribution < -0.4 is 0 Å². The molecule has 5 rings (SSSR count). The fourth-order valence-corrected chi connectivity index (χ4v) is 4.40. The Labute approximate surface area is 216 Å². The molecule has 0 atom stereocenters. The van der Waals surface area contributed by atoms with Crippen molar-refractivity contribution in [2.24, 2.45) is 5.10 Å². The van der Waals surface area contributed by atoms with Gasteiger partial charge in [0.25, 0.3) is 0 Å². The Morgan fingerprint density at radius 3 is 2.63 bits per heavy atom. The number of hydrogen-bond acceptors (Lipinski definition) is 4. The molecule has 0 radical (unpaired) electrons. The zero-order valence-corrected chi connectivity index (χ0v) is 20.5. The predicted molar refractivity (Wildman–Crippen MR) is 134 cm³/mol. The minimum atomic E-state index is -4.43. The van der Waals surface area contributed by atoms with Crippen LogP contribution in [-0.4, -0.2) is 26.2 Å². The number of aromatic nitrogens is 3. The number of rotatable bonds is 7. The van der Waals surface area contributed by atoms with Gasteiger partial charge in [-0.15, -0.1) is 0 Å². The topological polar surface area (TPSA) is 57.2 Å². The number of hydrazone groups is 1. The average Bonchev–Trinajstić information content (AvgIpc) is 3.32. The lowest BCUT2D eigenvalue weighted by Crippen LogP contribution is -2.21. The first-order valence-electron chi connectivity index (χ1n) is 12.2. The highest BCUT2D eigenvalue weighted by Gasteiger charge is 2.33. The molecule has 5 nitrogen and oxygen atoms in total. The second kappa shape index (κ2) is 10.4. The molecule has 1 N–H and O–H groups in total. The number of nitrogens with one attached hydrogen (secondary N) is 1. The standard InChI is InChI=1S/C28H24F5N5/c1-2-3-5-18-9-10-19(12-21(18)28(31,32)33)23-11-8-17(13-34-23)15-38-16-25-24(14-35-38)36-27(37-25)20-6-4-7-22(29)26(20)30/h4,6-14H,2-3,5,15-16H2,1H3,(H,36,37). The zero-order valence-electron chi connectivity index (χ0n) is 20.5. The highest BCUT2D eigenvalue weighted by molar-refractivity contribution is 5.80. The third kappa shape index (κ3) is 5.29. The number of alkyl halides is 3. The summed E-state index contributed by atoms with van der Waals surface area (Å²) in [7, 11) is 0. The maximum absolute atomic E-state index is 14.2. The van der Waals surface area contributed by atoms with E-state index in [4.69, 9.17) is 0 Å². The van der Waals surface area contributed by atoms with E-state index in [0.717, 1.165) is 18.1 Å². The van der Waals surface area contributed by atoms with E-state index in [1.54, 1.807) is 35.6 Å². The molecule has 0 aliphatic carbocycles. The number of hydrogen-bond donors (Lipinski definition) is 1. The molecule has 38 heavy (non-hydrogen) atoms. The Bertz CT molecular complexity index is 1470. The van der Waals surface area contributed by atoms with Crippen LogP contribution in [0.1, 0.15) is 47.8 Å². The molecular formula is C28H24F5N5. The molecule has 0 saturated carbocycles. The van der Waals surface area contributed by atoms with Crippen LogP contribution in [0.2, 0.25) is 0 Å². The molecule has 0 bridgehead atoms. The van der Waals surface area contributed by atoms with Crippen LogP contribution in [0.25, 0.3) is 22.6 Å². The smallest absolute Gasteiger partial charge is 0.337 e. The molecule has 4 aromatic rings. The van der Waals surface area contributed by atoms with E-state index in [0.29, 0.717) is 54.1 Å². The Kier molecular flexibility index (Phi) is 6.96. The van der Waals surface area contributed by atoms with Gasteiger partial charge in [-0.25, -0.2) is 13.8 Å². The van der Waals surface area contributed by atoms with Crippen LogP contribution in [0.5, 0.6) is 0 Å². The molecular weight excluding hydrogens is 501 g/mol. The third-order valence-corrected chi connectivity index (χ3v) is 6.40. The molecule has 2 aromatic carbocycles. The van der Waals surface area contributed by atoms with Crippen LogP contribution in [-0.2, 0) is 25.7 Å². The predicted octanol–water partition coefficient (Wildman–Crippen LogP) is 7.13. The van der Waals surface area contributed by atoms with Gasteiger partial charge in [0.1, 0.15) is 5.82 Å². The van der Waals surface area contributed by atoms with Gasteiger partial charge in [-0.1, -0.05) is 37.6 Å². The second-order valence-electron chi connectivity index (χ2n) is 9.14. The quantitative estimate of drug-likeness (QED) is 0.261. The summed E-state index contributed by atoms with van der Waals surface area (Å²) in [5.74, 6) is -1.72. The third-order valence-electron chi connectivity index (χ3n) is 6.40. The van der Waals surface area contributed by atoms with Crippen LogP contribution >= 0.6 is 0 Å². The number of pyridine rings is 1. The highest BCUT2D eigenvalue weighted by atomic mass is 19.4. The number of unbranched alkanes of at least 4 members (excludes halogenated alkanes) is 1. The molecule has 0 unspecified atom stereocenters. The number of fused-ring (bicyclic) bond motifs is 1. The van der Waals surface area contributed by atoms with Gasteiger partial charge < -0.3 is 4.98 Å². The molecule has 0 fully saturated rings. The first-order valence-corrected chi connectivity index (χ1v) is 12.2. The number of nitrogens with zero attached hydrogens (tertiary/aromatic N) is 4. The van der Waals surface area contributed by atoms with E-state index in [2.05, 4.69) is 20.1 Å². The lowest BCUT2D eigenvalue weighted by Gasteiger charge is -2.21. The lowest BCUT2D eigenvalue weighted by molar-refractivity contribution is -0.138. The average molecular weight is 526 g/mol. The first kappa shape index (κ1) is 25.6. The molecule has 10 heteroatoms. The molecule has 3 heterocycles. The maximum atomic E-state index is 14.2. The summed E-state index contributed by atoms with van der Waals surface area (Å²) in [6.07, 6.45) is 0.625. The van der Waals surface area contributed by atoms with E-state index in [1.165, 1.54) is 24.3 Å². The number of halogens is 5. The second-order valence-corrected chi connectivity index (χ2v) is 9.14. The van der Waals surface area contributed by atoms with Crippen molar-refractivity contribution in [1.29, 1.82) is 0 Å². The number of aryl methyl sites for hydroxylation is 1. The lowest BCUT2D eigenvalue weighted by atomic mass is 9.97. The van der Waals surface area contributed by atoms with E-state index >= 15 is 0 Å². The fourth-order valence-electron chi connectivity index (χ4n) is 4.40. The van der Waals surface area contributed by atoms with Crippen LogP contribution in [0, 0.1) is 11.6 Å². The summed E-state index contributed by atoms with van der Waals surface area (Å²) in [5.41, 5.74) is 2.59. The van der Waals surface area contributed by atoms with Crippen molar-refractivity contribution in [3.63, 3.8) is 0 Å². The molecule has 0 saturated heterocycles. The number of benzene rings is 2. The maximum Gasteiger partial charge on any atom is 0.416 e. The molecule has 0 amide bonds. The minimum absolute atomic E-state index is 0.0335. The van der Waals surface area contributed by atoms with E-state index < -0.39 is 23.4 Å². The van der Waals surface area contributed by atoms with Gasteiger partial charge in [-0.3, -0.25) is 9.99 Å². The Morgan fingerprint density at radius 2 is 1.89 bits per heavy atom. The minimum Gasteiger partial charge on any atom is -0.337 e. The summed E-state index contributed by atoms with van der Waals surface area (Å²) >= 11 is 0. The number of aromatic amines is 1. The van der Waals surface area contributed by atoms with Crippen molar-refractivity contribution in [2.45, 2.75) is 45.5 Å². The summed E-state index contributed by atoms with van der Waals surface area (Å²) in [6.45, 7) is 2.65. The normalized spacial score (nSPS) is 13.2. The van der Waals surface area contributed by atoms with Gasteiger partial charge in [0, 0.05) is 11.8 Å². The first-order chi connectivity index (χ1) is 18.2. The van der Waals surface area contributed by atoms with E-state index in [9.17, 15) is 22.0 Å². The summed E-state index contributed by atoms with van der Waals surface area (Å²) in [5, 5.41) is 6.11. The molecule has 1 aliphatic heterocycles. The summed E-state index contributed by atoms with van der Waals surface area (Å²) in [6, 6.07) is 11.8. The van der Waals surface area contributed by atoms with Gasteiger partial charge in [0.2, 0.25) is 0 Å². The molecule has 0 spiro atoms. The summed E-state index contributed by atoms with van der Waals surface area (Å²) < 4.78 is 68.8. The van der Waals surface area contributed by atoms with Crippen LogP contribution in [0.15, 0.2) is 59.8 Å². The SMILES string of the molecule is CCCCc1ccc(-c2ccc(CN3Cc4nc(-c5cccc(F)c5F)[nH]c4C=N3)cn2)cc1C(F)(F)F. The Morgan fingerprint density at radius 1 is 1.05 bits per heavy atom.